The second-order valence-electron chi connectivity index (χ2n) is 3.51. The summed E-state index contributed by atoms with van der Waals surface area (Å²) in [5.41, 5.74) is 0.739. The zero-order chi connectivity index (χ0) is 11.6. The Morgan fingerprint density at radius 2 is 1.75 bits per heavy atom. The van der Waals surface area contributed by atoms with Crippen molar-refractivity contribution in [3.63, 3.8) is 0 Å². The van der Waals surface area contributed by atoms with Crippen molar-refractivity contribution in [3.8, 4) is 0 Å². The lowest BCUT2D eigenvalue weighted by molar-refractivity contribution is 0.595. The van der Waals surface area contributed by atoms with Gasteiger partial charge in [0.05, 0.1) is 9.79 Å². The number of benzene rings is 2. The van der Waals surface area contributed by atoms with Crippen molar-refractivity contribution < 1.29 is 8.42 Å². The van der Waals surface area contributed by atoms with Crippen LogP contribution in [-0.2, 0) is 9.84 Å². The Bertz CT molecular complexity index is 586. The zero-order valence-corrected chi connectivity index (χ0v) is 9.66. The van der Waals surface area contributed by atoms with Gasteiger partial charge in [0, 0.05) is 0 Å². The third-order valence-corrected chi connectivity index (χ3v) is 4.29. The average Bonchev–Trinajstić information content (AvgIpc) is 2.30. The highest BCUT2D eigenvalue weighted by Gasteiger charge is 2.18. The van der Waals surface area contributed by atoms with E-state index < -0.39 is 9.84 Å². The fourth-order valence-corrected chi connectivity index (χ4v) is 2.99. The van der Waals surface area contributed by atoms with Gasteiger partial charge in [-0.05, 0) is 36.8 Å². The van der Waals surface area contributed by atoms with Gasteiger partial charge in [0.15, 0.2) is 0 Å². The summed E-state index contributed by atoms with van der Waals surface area (Å²) in [6.45, 7) is 1.78. The molecule has 3 heteroatoms. The molecule has 0 fully saturated rings. The first kappa shape index (κ1) is 10.9. The van der Waals surface area contributed by atoms with Crippen LogP contribution in [0.25, 0.3) is 0 Å². The van der Waals surface area contributed by atoms with Gasteiger partial charge in [-0.1, -0.05) is 30.3 Å². The van der Waals surface area contributed by atoms with Crippen LogP contribution in [0.3, 0.4) is 0 Å². The van der Waals surface area contributed by atoms with Gasteiger partial charge < -0.3 is 0 Å². The van der Waals surface area contributed by atoms with Gasteiger partial charge in [-0.3, -0.25) is 0 Å². The van der Waals surface area contributed by atoms with Crippen LogP contribution < -0.4 is 0 Å². The summed E-state index contributed by atoms with van der Waals surface area (Å²) in [5.74, 6) is 0. The smallest absolute Gasteiger partial charge is 0.206 e. The summed E-state index contributed by atoms with van der Waals surface area (Å²) in [6, 6.07) is 16.2. The highest BCUT2D eigenvalue weighted by atomic mass is 32.2. The SMILES string of the molecule is Cc1cc[c]cc1S(=O)(=O)c1ccccc1. The molecule has 0 saturated carbocycles. The molecule has 0 spiro atoms. The molecular formula is C13H11O2S. The van der Waals surface area contributed by atoms with Crippen LogP contribution >= 0.6 is 0 Å². The standard InChI is InChI=1S/C13H11O2S/c1-11-7-5-6-10-13(11)16(14,15)12-8-3-2-4-9-12/h2-5,7-10H,1H3. The van der Waals surface area contributed by atoms with Crippen molar-refractivity contribution >= 4 is 9.84 Å². The van der Waals surface area contributed by atoms with Crippen molar-refractivity contribution in [1.29, 1.82) is 0 Å². The van der Waals surface area contributed by atoms with Crippen LogP contribution in [0, 0.1) is 13.0 Å². The molecule has 0 aromatic heterocycles. The molecule has 0 unspecified atom stereocenters. The van der Waals surface area contributed by atoms with Gasteiger partial charge >= 0.3 is 0 Å². The lowest BCUT2D eigenvalue weighted by Gasteiger charge is -2.06. The molecule has 16 heavy (non-hydrogen) atoms. The molecule has 0 bridgehead atoms. The zero-order valence-electron chi connectivity index (χ0n) is 8.84. The average molecular weight is 231 g/mol. The van der Waals surface area contributed by atoms with E-state index in [9.17, 15) is 8.42 Å². The van der Waals surface area contributed by atoms with Crippen LogP contribution in [0.2, 0.25) is 0 Å². The summed E-state index contributed by atoms with van der Waals surface area (Å²) in [6.07, 6.45) is 0. The minimum Gasteiger partial charge on any atom is -0.219 e. The van der Waals surface area contributed by atoms with E-state index in [2.05, 4.69) is 6.07 Å². The van der Waals surface area contributed by atoms with E-state index in [-0.39, 0.29) is 0 Å². The Hall–Kier alpha value is -1.61. The second kappa shape index (κ2) is 4.10. The van der Waals surface area contributed by atoms with E-state index in [0.717, 1.165) is 5.56 Å². The first-order chi connectivity index (χ1) is 7.62. The maximum Gasteiger partial charge on any atom is 0.206 e. The lowest BCUT2D eigenvalue weighted by Crippen LogP contribution is -2.03. The van der Waals surface area contributed by atoms with Crippen LogP contribution in [-0.4, -0.2) is 8.42 Å². The molecule has 2 rings (SSSR count). The Balaban J connectivity index is 2.62. The molecule has 81 valence electrons. The molecule has 1 radical (unpaired) electrons. The Morgan fingerprint density at radius 1 is 1.06 bits per heavy atom. The van der Waals surface area contributed by atoms with Crippen molar-refractivity contribution in [2.24, 2.45) is 0 Å². The predicted octanol–water partition coefficient (Wildman–Crippen LogP) is 2.63. The van der Waals surface area contributed by atoms with Crippen molar-refractivity contribution in [2.75, 3.05) is 0 Å². The molecule has 2 aromatic rings. The van der Waals surface area contributed by atoms with Crippen LogP contribution in [0.4, 0.5) is 0 Å². The van der Waals surface area contributed by atoms with Crippen LogP contribution in [0.1, 0.15) is 5.56 Å². The summed E-state index contributed by atoms with van der Waals surface area (Å²) in [5, 5.41) is 0. The van der Waals surface area contributed by atoms with Crippen molar-refractivity contribution in [3.05, 3.63) is 60.2 Å². The summed E-state index contributed by atoms with van der Waals surface area (Å²) in [4.78, 5) is 0.638. The molecule has 0 amide bonds. The van der Waals surface area contributed by atoms with E-state index in [4.69, 9.17) is 0 Å². The third-order valence-electron chi connectivity index (χ3n) is 2.38. The summed E-state index contributed by atoms with van der Waals surface area (Å²) < 4.78 is 24.5. The van der Waals surface area contributed by atoms with Crippen molar-refractivity contribution in [2.45, 2.75) is 16.7 Å². The fourth-order valence-electron chi connectivity index (χ4n) is 1.51. The molecular weight excluding hydrogens is 220 g/mol. The van der Waals surface area contributed by atoms with Gasteiger partial charge in [-0.25, -0.2) is 8.42 Å². The molecule has 0 aliphatic rings. The fraction of sp³-hybridized carbons (Fsp3) is 0.0769. The van der Waals surface area contributed by atoms with Gasteiger partial charge in [0.1, 0.15) is 0 Å². The van der Waals surface area contributed by atoms with E-state index in [1.165, 1.54) is 6.07 Å². The van der Waals surface area contributed by atoms with Crippen LogP contribution in [0.15, 0.2) is 58.3 Å². The summed E-state index contributed by atoms with van der Waals surface area (Å²) >= 11 is 0. The number of hydrogen-bond donors (Lipinski definition) is 0. The van der Waals surface area contributed by atoms with Gasteiger partial charge in [0.25, 0.3) is 0 Å². The van der Waals surface area contributed by atoms with Crippen LogP contribution in [0.5, 0.6) is 0 Å². The predicted molar refractivity (Wildman–Crippen MR) is 61.9 cm³/mol. The first-order valence-corrected chi connectivity index (χ1v) is 6.37. The minimum atomic E-state index is -3.40. The highest BCUT2D eigenvalue weighted by Crippen LogP contribution is 2.22. The molecule has 2 aromatic carbocycles. The molecule has 0 heterocycles. The molecule has 0 saturated heterocycles. The molecule has 0 aliphatic heterocycles. The minimum absolute atomic E-state index is 0.317. The molecule has 0 N–H and O–H groups in total. The second-order valence-corrected chi connectivity index (χ2v) is 5.43. The largest absolute Gasteiger partial charge is 0.219 e. The monoisotopic (exact) mass is 231 g/mol. The quantitative estimate of drug-likeness (QED) is 0.796. The van der Waals surface area contributed by atoms with E-state index in [1.54, 1.807) is 49.4 Å². The van der Waals surface area contributed by atoms with Gasteiger partial charge in [-0.15, -0.1) is 0 Å². The summed E-state index contributed by atoms with van der Waals surface area (Å²) in [7, 11) is -3.40. The Morgan fingerprint density at radius 3 is 2.38 bits per heavy atom. The molecule has 2 nitrogen and oxygen atoms in total. The topological polar surface area (TPSA) is 34.1 Å². The third kappa shape index (κ3) is 1.86. The number of hydrogen-bond acceptors (Lipinski definition) is 2. The van der Waals surface area contributed by atoms with E-state index in [1.807, 2.05) is 0 Å². The highest BCUT2D eigenvalue weighted by molar-refractivity contribution is 7.91. The van der Waals surface area contributed by atoms with Gasteiger partial charge in [0.2, 0.25) is 9.84 Å². The van der Waals surface area contributed by atoms with Gasteiger partial charge in [-0.2, -0.15) is 0 Å². The first-order valence-electron chi connectivity index (χ1n) is 4.89. The number of rotatable bonds is 2. The molecule has 0 aliphatic carbocycles. The number of aryl methyl sites for hydroxylation is 1. The van der Waals surface area contributed by atoms with E-state index >= 15 is 0 Å². The lowest BCUT2D eigenvalue weighted by atomic mass is 10.2. The normalized spacial score (nSPS) is 11.3. The Labute approximate surface area is 95.5 Å². The number of sulfone groups is 1. The Kier molecular flexibility index (Phi) is 2.79. The van der Waals surface area contributed by atoms with E-state index in [0.29, 0.717) is 9.79 Å². The maximum atomic E-state index is 12.2. The van der Waals surface area contributed by atoms with Crippen molar-refractivity contribution in [1.82, 2.24) is 0 Å². The maximum absolute atomic E-state index is 12.2. The molecule has 0 atom stereocenters.